The number of hydrogen-bond donors (Lipinski definition) is 1. The standard InChI is InChI=1S/C10H10FNO2/c1-6-5-10(6,9(13)14)8-7(11)3-2-4-12-8/h2-4,6H,5H2,1H3,(H,13,14). The van der Waals surface area contributed by atoms with Crippen molar-refractivity contribution in [2.45, 2.75) is 18.8 Å². The lowest BCUT2D eigenvalue weighted by Gasteiger charge is -2.10. The van der Waals surface area contributed by atoms with Gasteiger partial charge in [0.2, 0.25) is 0 Å². The predicted octanol–water partition coefficient (Wildman–Crippen LogP) is 1.58. The van der Waals surface area contributed by atoms with E-state index in [-0.39, 0.29) is 11.6 Å². The minimum absolute atomic E-state index is 0.0376. The predicted molar refractivity (Wildman–Crippen MR) is 47.3 cm³/mol. The summed E-state index contributed by atoms with van der Waals surface area (Å²) in [6.07, 6.45) is 1.89. The normalized spacial score (nSPS) is 30.0. The first-order valence-corrected chi connectivity index (χ1v) is 4.43. The zero-order valence-electron chi connectivity index (χ0n) is 7.70. The van der Waals surface area contributed by atoms with E-state index in [9.17, 15) is 9.18 Å². The molecule has 0 bridgehead atoms. The van der Waals surface area contributed by atoms with Crippen molar-refractivity contribution in [1.29, 1.82) is 0 Å². The van der Waals surface area contributed by atoms with Crippen molar-refractivity contribution in [3.63, 3.8) is 0 Å². The molecule has 1 heterocycles. The molecular weight excluding hydrogens is 185 g/mol. The molecule has 1 N–H and O–H groups in total. The molecule has 1 fully saturated rings. The van der Waals surface area contributed by atoms with Crippen molar-refractivity contribution >= 4 is 5.97 Å². The van der Waals surface area contributed by atoms with Gasteiger partial charge in [0, 0.05) is 6.20 Å². The van der Waals surface area contributed by atoms with Gasteiger partial charge in [-0.15, -0.1) is 0 Å². The van der Waals surface area contributed by atoms with Crippen LogP contribution < -0.4 is 0 Å². The van der Waals surface area contributed by atoms with Crippen molar-refractivity contribution in [1.82, 2.24) is 4.98 Å². The van der Waals surface area contributed by atoms with E-state index in [1.54, 1.807) is 6.92 Å². The summed E-state index contributed by atoms with van der Waals surface area (Å²) in [6, 6.07) is 2.71. The Balaban J connectivity index is 2.49. The van der Waals surface area contributed by atoms with Crippen LogP contribution in [0.3, 0.4) is 0 Å². The van der Waals surface area contributed by atoms with E-state index >= 15 is 0 Å². The molecule has 4 heteroatoms. The van der Waals surface area contributed by atoms with Gasteiger partial charge in [0.05, 0.1) is 5.69 Å². The minimum Gasteiger partial charge on any atom is -0.481 e. The number of aliphatic carboxylic acids is 1. The summed E-state index contributed by atoms with van der Waals surface area (Å²) >= 11 is 0. The number of aromatic nitrogens is 1. The second-order valence-corrected chi connectivity index (χ2v) is 3.72. The smallest absolute Gasteiger partial charge is 0.316 e. The fourth-order valence-corrected chi connectivity index (χ4v) is 1.87. The molecule has 1 saturated carbocycles. The maximum absolute atomic E-state index is 13.3. The van der Waals surface area contributed by atoms with E-state index in [0.29, 0.717) is 6.42 Å². The molecule has 0 amide bonds. The van der Waals surface area contributed by atoms with Crippen LogP contribution in [0.15, 0.2) is 18.3 Å². The number of rotatable bonds is 2. The average molecular weight is 195 g/mol. The molecule has 14 heavy (non-hydrogen) atoms. The van der Waals surface area contributed by atoms with Crippen LogP contribution in [0.5, 0.6) is 0 Å². The lowest BCUT2D eigenvalue weighted by molar-refractivity contribution is -0.140. The van der Waals surface area contributed by atoms with Gasteiger partial charge in [-0.05, 0) is 24.5 Å². The number of carboxylic acids is 1. The molecule has 0 aliphatic heterocycles. The maximum Gasteiger partial charge on any atom is 0.316 e. The molecule has 1 aromatic heterocycles. The van der Waals surface area contributed by atoms with Crippen LogP contribution >= 0.6 is 0 Å². The summed E-state index contributed by atoms with van der Waals surface area (Å²) in [4.78, 5) is 14.9. The number of halogens is 1. The third-order valence-corrected chi connectivity index (χ3v) is 2.87. The molecule has 1 aliphatic carbocycles. The molecule has 1 aliphatic rings. The summed E-state index contributed by atoms with van der Waals surface area (Å²) in [5, 5.41) is 9.05. The number of hydrogen-bond acceptors (Lipinski definition) is 2. The molecule has 3 nitrogen and oxygen atoms in total. The van der Waals surface area contributed by atoms with E-state index in [2.05, 4.69) is 4.98 Å². The van der Waals surface area contributed by atoms with Crippen molar-refractivity contribution in [3.05, 3.63) is 29.8 Å². The van der Waals surface area contributed by atoms with Gasteiger partial charge in [-0.3, -0.25) is 9.78 Å². The van der Waals surface area contributed by atoms with Gasteiger partial charge in [-0.2, -0.15) is 0 Å². The van der Waals surface area contributed by atoms with Crippen LogP contribution in [-0.4, -0.2) is 16.1 Å². The molecule has 0 saturated heterocycles. The van der Waals surface area contributed by atoms with Crippen LogP contribution in [0.25, 0.3) is 0 Å². The van der Waals surface area contributed by atoms with Crippen molar-refractivity contribution < 1.29 is 14.3 Å². The van der Waals surface area contributed by atoms with E-state index in [1.807, 2.05) is 0 Å². The summed E-state index contributed by atoms with van der Waals surface area (Å²) in [5.41, 5.74) is -1.01. The first-order valence-electron chi connectivity index (χ1n) is 4.43. The van der Waals surface area contributed by atoms with Crippen molar-refractivity contribution in [2.24, 2.45) is 5.92 Å². The molecule has 1 aromatic rings. The Morgan fingerprint density at radius 1 is 1.79 bits per heavy atom. The number of nitrogens with zero attached hydrogens (tertiary/aromatic N) is 1. The highest BCUT2D eigenvalue weighted by atomic mass is 19.1. The Morgan fingerprint density at radius 3 is 2.86 bits per heavy atom. The Bertz CT molecular complexity index is 393. The highest BCUT2D eigenvalue weighted by molar-refractivity contribution is 5.85. The molecular formula is C10H10FNO2. The topological polar surface area (TPSA) is 50.2 Å². The number of pyridine rings is 1. The molecule has 2 unspecified atom stereocenters. The van der Waals surface area contributed by atoms with Crippen molar-refractivity contribution in [2.75, 3.05) is 0 Å². The number of carbonyl (C=O) groups is 1. The highest BCUT2D eigenvalue weighted by Crippen LogP contribution is 2.54. The zero-order valence-corrected chi connectivity index (χ0v) is 7.70. The van der Waals surface area contributed by atoms with Gasteiger partial charge < -0.3 is 5.11 Å². The van der Waals surface area contributed by atoms with Gasteiger partial charge in [-0.25, -0.2) is 4.39 Å². The molecule has 0 aromatic carbocycles. The van der Waals surface area contributed by atoms with E-state index in [0.717, 1.165) is 0 Å². The first kappa shape index (κ1) is 9.12. The van der Waals surface area contributed by atoms with Crippen LogP contribution in [0.1, 0.15) is 19.0 Å². The monoisotopic (exact) mass is 195 g/mol. The lowest BCUT2D eigenvalue weighted by atomic mass is 9.99. The number of carboxylic acid groups (broad SMARTS) is 1. The van der Waals surface area contributed by atoms with Gasteiger partial charge in [-0.1, -0.05) is 6.92 Å². The maximum atomic E-state index is 13.3. The minimum atomic E-state index is -1.08. The quantitative estimate of drug-likeness (QED) is 0.779. The first-order chi connectivity index (χ1) is 6.59. The van der Waals surface area contributed by atoms with Gasteiger partial charge >= 0.3 is 5.97 Å². The SMILES string of the molecule is CC1CC1(C(=O)O)c1ncccc1F. The Hall–Kier alpha value is -1.45. The van der Waals surface area contributed by atoms with Gasteiger partial charge in [0.15, 0.2) is 0 Å². The molecule has 0 radical (unpaired) electrons. The largest absolute Gasteiger partial charge is 0.481 e. The zero-order chi connectivity index (χ0) is 10.3. The lowest BCUT2D eigenvalue weighted by Crippen LogP contribution is -2.24. The Kier molecular flexibility index (Phi) is 1.80. The molecule has 74 valence electrons. The van der Waals surface area contributed by atoms with Gasteiger partial charge in [0.25, 0.3) is 0 Å². The van der Waals surface area contributed by atoms with Crippen LogP contribution in [-0.2, 0) is 10.2 Å². The second-order valence-electron chi connectivity index (χ2n) is 3.72. The molecule has 2 rings (SSSR count). The fourth-order valence-electron chi connectivity index (χ4n) is 1.87. The van der Waals surface area contributed by atoms with Crippen LogP contribution in [0.4, 0.5) is 4.39 Å². The van der Waals surface area contributed by atoms with Crippen molar-refractivity contribution in [3.8, 4) is 0 Å². The third kappa shape index (κ3) is 1.03. The summed E-state index contributed by atoms with van der Waals surface area (Å²) in [7, 11) is 0. The van der Waals surface area contributed by atoms with Crippen LogP contribution in [0, 0.1) is 11.7 Å². The molecule has 2 atom stereocenters. The summed E-state index contributed by atoms with van der Waals surface area (Å²) in [6.45, 7) is 1.79. The summed E-state index contributed by atoms with van der Waals surface area (Å²) < 4.78 is 13.3. The summed E-state index contributed by atoms with van der Waals surface area (Å²) in [5.74, 6) is -1.55. The highest BCUT2D eigenvalue weighted by Gasteiger charge is 2.61. The van der Waals surface area contributed by atoms with E-state index < -0.39 is 17.2 Å². The van der Waals surface area contributed by atoms with Crippen LogP contribution in [0.2, 0.25) is 0 Å². The third-order valence-electron chi connectivity index (χ3n) is 2.87. The second kappa shape index (κ2) is 2.77. The van der Waals surface area contributed by atoms with Gasteiger partial charge in [0.1, 0.15) is 11.2 Å². The Morgan fingerprint density at radius 2 is 2.43 bits per heavy atom. The molecule has 0 spiro atoms. The van der Waals surface area contributed by atoms with E-state index in [4.69, 9.17) is 5.11 Å². The van der Waals surface area contributed by atoms with E-state index in [1.165, 1.54) is 18.3 Å². The Labute approximate surface area is 80.6 Å². The average Bonchev–Trinajstić information content (AvgIpc) is 2.79. The fraction of sp³-hybridized carbons (Fsp3) is 0.400.